The number of nitrogens with zero attached hydrogens (tertiary/aromatic N) is 2. The Kier molecular flexibility index (Phi) is 5.62. The average molecular weight is 372 g/mol. The molecule has 1 saturated heterocycles. The molecule has 2 heterocycles. The summed E-state index contributed by atoms with van der Waals surface area (Å²) in [4.78, 5) is 19.3. The van der Waals surface area contributed by atoms with Crippen LogP contribution >= 0.6 is 11.3 Å². The van der Waals surface area contributed by atoms with Gasteiger partial charge in [-0.1, -0.05) is 30.3 Å². The minimum Gasteiger partial charge on any atom is -0.375 e. The summed E-state index contributed by atoms with van der Waals surface area (Å²) in [5.41, 5.74) is 1.86. The summed E-state index contributed by atoms with van der Waals surface area (Å²) in [5.74, 6) is 0.508. The Morgan fingerprint density at radius 2 is 2.15 bits per heavy atom. The van der Waals surface area contributed by atoms with Gasteiger partial charge in [-0.3, -0.25) is 9.69 Å². The molecule has 26 heavy (non-hydrogen) atoms. The minimum atomic E-state index is -0.0874. The third-order valence-corrected chi connectivity index (χ3v) is 5.86. The number of amides is 1. The molecule has 1 unspecified atom stereocenters. The molecule has 1 aromatic heterocycles. The number of carbonyl (C=O) groups excluding carboxylic acids is 1. The van der Waals surface area contributed by atoms with E-state index < -0.39 is 0 Å². The first-order valence-corrected chi connectivity index (χ1v) is 10.3. The van der Waals surface area contributed by atoms with Gasteiger partial charge in [0.25, 0.3) is 5.91 Å². The second kappa shape index (κ2) is 8.29. The van der Waals surface area contributed by atoms with E-state index in [2.05, 4.69) is 39.5 Å². The van der Waals surface area contributed by atoms with Crippen molar-refractivity contribution in [1.82, 2.24) is 15.2 Å². The van der Waals surface area contributed by atoms with Crippen molar-refractivity contribution in [2.45, 2.75) is 37.8 Å². The number of ether oxygens (including phenoxy) is 1. The van der Waals surface area contributed by atoms with Crippen molar-refractivity contribution < 1.29 is 9.53 Å². The molecule has 1 aliphatic heterocycles. The van der Waals surface area contributed by atoms with Gasteiger partial charge in [-0.25, -0.2) is 4.98 Å². The van der Waals surface area contributed by atoms with Crippen molar-refractivity contribution in [1.29, 1.82) is 0 Å². The summed E-state index contributed by atoms with van der Waals surface area (Å²) in [6.07, 6.45) is 3.46. The quantitative estimate of drug-likeness (QED) is 0.848. The third-order valence-electron chi connectivity index (χ3n) is 4.85. The molecule has 1 aromatic carbocycles. The lowest BCUT2D eigenvalue weighted by atomic mass is 10.2. The molecule has 138 valence electrons. The first kappa shape index (κ1) is 17.6. The van der Waals surface area contributed by atoms with Crippen LogP contribution in [0.5, 0.6) is 0 Å². The van der Waals surface area contributed by atoms with E-state index in [4.69, 9.17) is 4.74 Å². The van der Waals surface area contributed by atoms with E-state index in [0.717, 1.165) is 37.7 Å². The van der Waals surface area contributed by atoms with E-state index >= 15 is 0 Å². The second-order valence-corrected chi connectivity index (χ2v) is 8.01. The summed E-state index contributed by atoms with van der Waals surface area (Å²) in [5, 5.41) is 5.99. The van der Waals surface area contributed by atoms with Gasteiger partial charge in [-0.15, -0.1) is 11.3 Å². The largest absolute Gasteiger partial charge is 0.375 e. The van der Waals surface area contributed by atoms with Crippen LogP contribution in [0.1, 0.15) is 46.2 Å². The molecule has 2 fully saturated rings. The van der Waals surface area contributed by atoms with Gasteiger partial charge in [0.15, 0.2) is 0 Å². The maximum Gasteiger partial charge on any atom is 0.270 e. The lowest BCUT2D eigenvalue weighted by Gasteiger charge is -2.24. The summed E-state index contributed by atoms with van der Waals surface area (Å²) >= 11 is 1.60. The molecule has 1 aliphatic carbocycles. The highest BCUT2D eigenvalue weighted by atomic mass is 32.1. The van der Waals surface area contributed by atoms with Crippen LogP contribution < -0.4 is 5.32 Å². The smallest absolute Gasteiger partial charge is 0.270 e. The minimum absolute atomic E-state index is 0.0201. The van der Waals surface area contributed by atoms with Gasteiger partial charge in [0.05, 0.1) is 11.1 Å². The van der Waals surface area contributed by atoms with Crippen LogP contribution in [0.2, 0.25) is 0 Å². The molecular weight excluding hydrogens is 346 g/mol. The summed E-state index contributed by atoms with van der Waals surface area (Å²) < 4.78 is 5.94. The maximum atomic E-state index is 12.4. The Balaban J connectivity index is 1.29. The van der Waals surface area contributed by atoms with E-state index in [1.165, 1.54) is 18.4 Å². The Labute approximate surface area is 158 Å². The highest BCUT2D eigenvalue weighted by Crippen LogP contribution is 2.41. The number of thiazole rings is 1. The topological polar surface area (TPSA) is 54.5 Å². The normalized spacial score (nSPS) is 21.3. The molecule has 1 amide bonds. The average Bonchev–Trinajstić information content (AvgIpc) is 3.44. The predicted molar refractivity (Wildman–Crippen MR) is 102 cm³/mol. The molecule has 1 atom stereocenters. The highest BCUT2D eigenvalue weighted by Gasteiger charge is 2.27. The second-order valence-electron chi connectivity index (χ2n) is 7.12. The highest BCUT2D eigenvalue weighted by molar-refractivity contribution is 7.10. The first-order chi connectivity index (χ1) is 12.8. The van der Waals surface area contributed by atoms with Gasteiger partial charge < -0.3 is 10.1 Å². The fraction of sp³-hybridized carbons (Fsp3) is 0.500. The third kappa shape index (κ3) is 4.69. The van der Waals surface area contributed by atoms with Crippen LogP contribution in [-0.4, -0.2) is 48.1 Å². The van der Waals surface area contributed by atoms with Gasteiger partial charge >= 0.3 is 0 Å². The van der Waals surface area contributed by atoms with E-state index in [9.17, 15) is 4.79 Å². The Hall–Kier alpha value is -1.76. The van der Waals surface area contributed by atoms with E-state index in [1.807, 2.05) is 11.4 Å². The number of carbonyl (C=O) groups is 1. The van der Waals surface area contributed by atoms with Crippen LogP contribution in [0.25, 0.3) is 0 Å². The van der Waals surface area contributed by atoms with Crippen molar-refractivity contribution in [3.8, 4) is 0 Å². The van der Waals surface area contributed by atoms with Crippen LogP contribution in [0, 0.1) is 0 Å². The SMILES string of the molecule is O=C(NCC1CN(Cc2ccccc2)CCCO1)c1csc(C2CC2)n1. The number of aromatic nitrogens is 1. The van der Waals surface area contributed by atoms with E-state index in [1.54, 1.807) is 11.3 Å². The Morgan fingerprint density at radius 3 is 2.96 bits per heavy atom. The number of benzene rings is 1. The van der Waals surface area contributed by atoms with Crippen molar-refractivity contribution >= 4 is 17.2 Å². The van der Waals surface area contributed by atoms with Gasteiger partial charge in [-0.05, 0) is 24.8 Å². The predicted octanol–water partition coefficient (Wildman–Crippen LogP) is 3.04. The van der Waals surface area contributed by atoms with Crippen LogP contribution in [-0.2, 0) is 11.3 Å². The maximum absolute atomic E-state index is 12.4. The molecule has 0 bridgehead atoms. The van der Waals surface area contributed by atoms with Crippen molar-refractivity contribution in [2.75, 3.05) is 26.2 Å². The molecule has 5 nitrogen and oxygen atoms in total. The summed E-state index contributed by atoms with van der Waals surface area (Å²) in [6.45, 7) is 4.05. The zero-order chi connectivity index (χ0) is 17.8. The molecule has 1 N–H and O–H groups in total. The fourth-order valence-electron chi connectivity index (χ4n) is 3.29. The van der Waals surface area contributed by atoms with Crippen molar-refractivity contribution in [3.63, 3.8) is 0 Å². The fourth-order valence-corrected chi connectivity index (χ4v) is 4.26. The van der Waals surface area contributed by atoms with Crippen LogP contribution in [0.15, 0.2) is 35.7 Å². The van der Waals surface area contributed by atoms with Gasteiger partial charge in [0.2, 0.25) is 0 Å². The number of nitrogens with one attached hydrogen (secondary N) is 1. The van der Waals surface area contributed by atoms with Crippen molar-refractivity contribution in [3.05, 3.63) is 52.0 Å². The van der Waals surface area contributed by atoms with Crippen molar-refractivity contribution in [2.24, 2.45) is 0 Å². The van der Waals surface area contributed by atoms with Gasteiger partial charge in [0, 0.05) is 44.1 Å². The van der Waals surface area contributed by atoms with Gasteiger partial charge in [0.1, 0.15) is 5.69 Å². The summed E-state index contributed by atoms with van der Waals surface area (Å²) in [7, 11) is 0. The molecule has 4 rings (SSSR count). The molecule has 2 aromatic rings. The Morgan fingerprint density at radius 1 is 1.31 bits per heavy atom. The van der Waals surface area contributed by atoms with Crippen LogP contribution in [0.4, 0.5) is 0 Å². The molecule has 2 aliphatic rings. The lowest BCUT2D eigenvalue weighted by molar-refractivity contribution is 0.0510. The van der Waals surface area contributed by atoms with E-state index in [0.29, 0.717) is 18.2 Å². The molecule has 0 radical (unpaired) electrons. The number of rotatable bonds is 6. The zero-order valence-corrected chi connectivity index (χ0v) is 15.7. The Bertz CT molecular complexity index is 730. The molecule has 6 heteroatoms. The van der Waals surface area contributed by atoms with Crippen LogP contribution in [0.3, 0.4) is 0 Å². The number of hydrogen-bond donors (Lipinski definition) is 1. The van der Waals surface area contributed by atoms with E-state index in [-0.39, 0.29) is 12.0 Å². The van der Waals surface area contributed by atoms with Gasteiger partial charge in [-0.2, -0.15) is 0 Å². The first-order valence-electron chi connectivity index (χ1n) is 9.39. The zero-order valence-electron chi connectivity index (χ0n) is 14.9. The lowest BCUT2D eigenvalue weighted by Crippen LogP contribution is -2.40. The molecule has 0 spiro atoms. The molecular formula is C20H25N3O2S. The number of hydrogen-bond acceptors (Lipinski definition) is 5. The monoisotopic (exact) mass is 371 g/mol. The summed E-state index contributed by atoms with van der Waals surface area (Å²) in [6, 6.07) is 10.5. The standard InChI is InChI=1S/C20H25N3O2S/c24-19(18-14-26-20(22-18)16-7-8-16)21-11-17-13-23(9-4-10-25-17)12-15-5-2-1-3-6-15/h1-3,5-6,14,16-17H,4,7-13H2,(H,21,24). The molecule has 1 saturated carbocycles.